The summed E-state index contributed by atoms with van der Waals surface area (Å²) in [7, 11) is 0. The van der Waals surface area contributed by atoms with Crippen molar-refractivity contribution in [2.24, 2.45) is 0 Å². The summed E-state index contributed by atoms with van der Waals surface area (Å²) >= 11 is 5.89. The van der Waals surface area contributed by atoms with Crippen LogP contribution in [0.2, 0.25) is 5.02 Å². The number of anilines is 3. The van der Waals surface area contributed by atoms with Gasteiger partial charge in [-0.25, -0.2) is 0 Å². The molecule has 26 heavy (non-hydrogen) atoms. The van der Waals surface area contributed by atoms with Gasteiger partial charge in [0.25, 0.3) is 5.91 Å². The second kappa shape index (κ2) is 6.81. The maximum absolute atomic E-state index is 12.6. The first-order valence-corrected chi connectivity index (χ1v) is 8.89. The van der Waals surface area contributed by atoms with Crippen LogP contribution in [0.5, 0.6) is 0 Å². The first-order chi connectivity index (χ1) is 12.6. The zero-order valence-electron chi connectivity index (χ0n) is 14.3. The second-order valence-electron chi connectivity index (χ2n) is 6.44. The predicted octanol–water partition coefficient (Wildman–Crippen LogP) is 5.07. The molecular formula is C21H18ClN3O. The molecule has 1 aliphatic heterocycles. The number of fused-ring (bicyclic) bond motifs is 1. The van der Waals surface area contributed by atoms with Crippen molar-refractivity contribution in [3.63, 3.8) is 0 Å². The lowest BCUT2D eigenvalue weighted by atomic mass is 10.1. The molecule has 130 valence electrons. The molecule has 4 nitrogen and oxygen atoms in total. The lowest BCUT2D eigenvalue weighted by Crippen LogP contribution is -2.24. The van der Waals surface area contributed by atoms with Gasteiger partial charge in [-0.05, 0) is 55.3 Å². The molecule has 4 rings (SSSR count). The SMILES string of the molecule is CC1Cc2ccccc2N1c1cncc(C(=O)Nc2ccc(Cl)cc2)c1. The van der Waals surface area contributed by atoms with E-state index in [9.17, 15) is 4.79 Å². The molecule has 1 atom stereocenters. The van der Waals surface area contributed by atoms with Gasteiger partial charge in [0.2, 0.25) is 0 Å². The van der Waals surface area contributed by atoms with Crippen LogP contribution < -0.4 is 10.2 Å². The summed E-state index contributed by atoms with van der Waals surface area (Å²) in [6.45, 7) is 2.18. The minimum atomic E-state index is -0.193. The Bertz CT molecular complexity index is 955. The van der Waals surface area contributed by atoms with Crippen LogP contribution in [-0.2, 0) is 6.42 Å². The number of aromatic nitrogens is 1. The molecule has 0 bridgehead atoms. The third-order valence-electron chi connectivity index (χ3n) is 4.57. The minimum Gasteiger partial charge on any atom is -0.337 e. The maximum atomic E-state index is 12.6. The molecule has 0 aliphatic carbocycles. The molecule has 0 saturated carbocycles. The van der Waals surface area contributed by atoms with E-state index in [2.05, 4.69) is 40.3 Å². The minimum absolute atomic E-state index is 0.193. The standard InChI is InChI=1S/C21H18ClN3O/c1-14-10-15-4-2-3-5-20(15)25(14)19-11-16(12-23-13-19)21(26)24-18-8-6-17(22)7-9-18/h2-9,11-14H,10H2,1H3,(H,24,26). The number of pyridine rings is 1. The van der Waals surface area contributed by atoms with Crippen molar-refractivity contribution in [3.05, 3.63) is 83.1 Å². The fourth-order valence-electron chi connectivity index (χ4n) is 3.38. The van der Waals surface area contributed by atoms with E-state index < -0.39 is 0 Å². The summed E-state index contributed by atoms with van der Waals surface area (Å²) < 4.78 is 0. The van der Waals surface area contributed by atoms with Crippen LogP contribution in [0, 0.1) is 0 Å². The smallest absolute Gasteiger partial charge is 0.257 e. The Hall–Kier alpha value is -2.85. The van der Waals surface area contributed by atoms with Gasteiger partial charge in [-0.3, -0.25) is 9.78 Å². The Morgan fingerprint density at radius 1 is 1.15 bits per heavy atom. The van der Waals surface area contributed by atoms with Crippen molar-refractivity contribution < 1.29 is 4.79 Å². The van der Waals surface area contributed by atoms with Crippen molar-refractivity contribution in [1.29, 1.82) is 0 Å². The highest BCUT2D eigenvalue weighted by Crippen LogP contribution is 2.37. The Morgan fingerprint density at radius 3 is 2.73 bits per heavy atom. The zero-order valence-corrected chi connectivity index (χ0v) is 15.1. The highest BCUT2D eigenvalue weighted by molar-refractivity contribution is 6.30. The third kappa shape index (κ3) is 3.16. The van der Waals surface area contributed by atoms with Crippen molar-refractivity contribution >= 4 is 34.6 Å². The monoisotopic (exact) mass is 363 g/mol. The zero-order chi connectivity index (χ0) is 18.1. The first-order valence-electron chi connectivity index (χ1n) is 8.51. The molecule has 2 aromatic carbocycles. The van der Waals surface area contributed by atoms with Crippen LogP contribution in [0.15, 0.2) is 67.0 Å². The van der Waals surface area contributed by atoms with Crippen molar-refractivity contribution in [1.82, 2.24) is 4.98 Å². The number of rotatable bonds is 3. The fraction of sp³-hybridized carbons (Fsp3) is 0.143. The topological polar surface area (TPSA) is 45.2 Å². The molecule has 5 heteroatoms. The van der Waals surface area contributed by atoms with Crippen LogP contribution in [0.4, 0.5) is 17.1 Å². The van der Waals surface area contributed by atoms with Crippen LogP contribution in [0.1, 0.15) is 22.8 Å². The molecule has 0 radical (unpaired) electrons. The number of halogens is 1. The van der Waals surface area contributed by atoms with E-state index in [1.165, 1.54) is 11.3 Å². The van der Waals surface area contributed by atoms with Gasteiger partial charge >= 0.3 is 0 Å². The van der Waals surface area contributed by atoms with E-state index >= 15 is 0 Å². The largest absolute Gasteiger partial charge is 0.337 e. The number of benzene rings is 2. The van der Waals surface area contributed by atoms with Gasteiger partial charge in [-0.2, -0.15) is 0 Å². The lowest BCUT2D eigenvalue weighted by Gasteiger charge is -2.25. The predicted molar refractivity (Wildman–Crippen MR) is 105 cm³/mol. The van der Waals surface area contributed by atoms with E-state index in [4.69, 9.17) is 11.6 Å². The van der Waals surface area contributed by atoms with Crippen LogP contribution >= 0.6 is 11.6 Å². The van der Waals surface area contributed by atoms with E-state index in [0.29, 0.717) is 22.3 Å². The summed E-state index contributed by atoms with van der Waals surface area (Å²) in [5.74, 6) is -0.193. The third-order valence-corrected chi connectivity index (χ3v) is 4.83. The number of nitrogens with one attached hydrogen (secondary N) is 1. The van der Waals surface area contributed by atoms with Gasteiger partial charge < -0.3 is 10.2 Å². The normalized spacial score (nSPS) is 15.6. The highest BCUT2D eigenvalue weighted by Gasteiger charge is 2.27. The van der Waals surface area contributed by atoms with E-state index in [0.717, 1.165) is 12.1 Å². The molecule has 0 fully saturated rings. The quantitative estimate of drug-likeness (QED) is 0.706. The van der Waals surface area contributed by atoms with E-state index in [1.807, 2.05) is 12.1 Å². The van der Waals surface area contributed by atoms with Gasteiger partial charge in [0, 0.05) is 28.6 Å². The Balaban J connectivity index is 1.61. The maximum Gasteiger partial charge on any atom is 0.257 e. The van der Waals surface area contributed by atoms with Gasteiger partial charge in [0.1, 0.15) is 0 Å². The first kappa shape index (κ1) is 16.6. The molecule has 1 aliphatic rings. The van der Waals surface area contributed by atoms with Gasteiger partial charge in [0.05, 0.1) is 17.4 Å². The van der Waals surface area contributed by atoms with Crippen molar-refractivity contribution in [3.8, 4) is 0 Å². The molecule has 0 saturated heterocycles. The number of nitrogens with zero attached hydrogens (tertiary/aromatic N) is 2. The molecule has 0 spiro atoms. The van der Waals surface area contributed by atoms with Gasteiger partial charge in [-0.15, -0.1) is 0 Å². The summed E-state index contributed by atoms with van der Waals surface area (Å²) in [4.78, 5) is 19.1. The second-order valence-corrected chi connectivity index (χ2v) is 6.88. The Kier molecular flexibility index (Phi) is 4.35. The van der Waals surface area contributed by atoms with Crippen LogP contribution in [0.25, 0.3) is 0 Å². The van der Waals surface area contributed by atoms with Gasteiger partial charge in [-0.1, -0.05) is 29.8 Å². The molecule has 1 amide bonds. The Morgan fingerprint density at radius 2 is 1.92 bits per heavy atom. The van der Waals surface area contributed by atoms with Crippen LogP contribution in [-0.4, -0.2) is 16.9 Å². The summed E-state index contributed by atoms with van der Waals surface area (Å²) in [5, 5.41) is 3.51. The van der Waals surface area contributed by atoms with Gasteiger partial charge in [0.15, 0.2) is 0 Å². The van der Waals surface area contributed by atoms with Crippen LogP contribution in [0.3, 0.4) is 0 Å². The number of carbonyl (C=O) groups excluding carboxylic acids is 1. The molecule has 2 heterocycles. The molecule has 1 unspecified atom stereocenters. The summed E-state index contributed by atoms with van der Waals surface area (Å²) in [6.07, 6.45) is 4.37. The number of hydrogen-bond donors (Lipinski definition) is 1. The molecule has 3 aromatic rings. The molecule has 1 N–H and O–H groups in total. The Labute approximate surface area is 157 Å². The molecular weight excluding hydrogens is 346 g/mol. The average Bonchev–Trinajstić information content (AvgIpc) is 2.99. The van der Waals surface area contributed by atoms with Crippen molar-refractivity contribution in [2.45, 2.75) is 19.4 Å². The lowest BCUT2D eigenvalue weighted by molar-refractivity contribution is 0.102. The van der Waals surface area contributed by atoms with Crippen molar-refractivity contribution in [2.75, 3.05) is 10.2 Å². The highest BCUT2D eigenvalue weighted by atomic mass is 35.5. The van der Waals surface area contributed by atoms with E-state index in [1.54, 1.807) is 36.7 Å². The summed E-state index contributed by atoms with van der Waals surface area (Å²) in [5.41, 5.74) is 4.64. The number of hydrogen-bond acceptors (Lipinski definition) is 3. The number of carbonyl (C=O) groups is 1. The number of amides is 1. The summed E-state index contributed by atoms with van der Waals surface area (Å²) in [6, 6.07) is 17.6. The fourth-order valence-corrected chi connectivity index (χ4v) is 3.51. The number of para-hydroxylation sites is 1. The van der Waals surface area contributed by atoms with E-state index in [-0.39, 0.29) is 5.91 Å². The average molecular weight is 364 g/mol. The molecule has 1 aromatic heterocycles.